The zero-order valence-electron chi connectivity index (χ0n) is 37.3. The Morgan fingerprint density at radius 1 is 0.388 bits per heavy atom. The SMILES string of the molecule is CC1(C)c2ccccc2Oc2c(-c3cc(-c4cccc([Si](c5ccccc5)(c5ccccc5)c5ccccc5)c4)c4ccc5c(-c6ccccc6)cc(-c6ccccn6)nc5c4n3)cccc21. The van der Waals surface area contributed by atoms with Crippen LogP contribution in [-0.4, -0.2) is 23.0 Å². The molecule has 4 nitrogen and oxygen atoms in total. The summed E-state index contributed by atoms with van der Waals surface area (Å²) < 4.78 is 6.95. The molecular weight excluding hydrogens is 831 g/mol. The van der Waals surface area contributed by atoms with E-state index in [0.29, 0.717) is 0 Å². The Kier molecular flexibility index (Phi) is 9.81. The largest absolute Gasteiger partial charge is 0.456 e. The highest BCUT2D eigenvalue weighted by atomic mass is 28.3. The van der Waals surface area contributed by atoms with Crippen molar-refractivity contribution in [1.82, 2.24) is 15.0 Å². The molecule has 0 N–H and O–H groups in total. The molecule has 5 heteroatoms. The summed E-state index contributed by atoms with van der Waals surface area (Å²) in [5, 5.41) is 7.31. The van der Waals surface area contributed by atoms with Crippen LogP contribution < -0.4 is 25.5 Å². The van der Waals surface area contributed by atoms with Crippen molar-refractivity contribution in [2.24, 2.45) is 0 Å². The molecule has 4 heterocycles. The zero-order chi connectivity index (χ0) is 45.0. The van der Waals surface area contributed by atoms with Crippen molar-refractivity contribution in [3.63, 3.8) is 0 Å². The summed E-state index contributed by atoms with van der Waals surface area (Å²) in [4.78, 5) is 16.0. The quantitative estimate of drug-likeness (QED) is 0.0867. The number of para-hydroxylation sites is 2. The molecule has 0 spiro atoms. The van der Waals surface area contributed by atoms with E-state index in [1.54, 1.807) is 0 Å². The molecule has 8 aromatic carbocycles. The lowest BCUT2D eigenvalue weighted by molar-refractivity contribution is 0.419. The van der Waals surface area contributed by atoms with Crippen molar-refractivity contribution in [2.45, 2.75) is 19.3 Å². The Bertz CT molecular complexity index is 3520. The van der Waals surface area contributed by atoms with Gasteiger partial charge in [0.05, 0.1) is 28.1 Å². The van der Waals surface area contributed by atoms with Gasteiger partial charge in [-0.1, -0.05) is 208 Å². The van der Waals surface area contributed by atoms with Crippen molar-refractivity contribution >= 4 is 50.6 Å². The van der Waals surface area contributed by atoms with Crippen molar-refractivity contribution < 1.29 is 4.74 Å². The molecule has 0 saturated heterocycles. The summed E-state index contributed by atoms with van der Waals surface area (Å²) in [6.07, 6.45) is 1.83. The fourth-order valence-corrected chi connectivity index (χ4v) is 15.3. The van der Waals surface area contributed by atoms with Gasteiger partial charge in [0.15, 0.2) is 8.07 Å². The highest BCUT2D eigenvalue weighted by Crippen LogP contribution is 2.51. The normalized spacial score (nSPS) is 12.9. The fourth-order valence-electron chi connectivity index (χ4n) is 10.5. The predicted octanol–water partition coefficient (Wildman–Crippen LogP) is 12.7. The Morgan fingerprint density at radius 3 is 1.54 bits per heavy atom. The molecular formula is C62H45N3OSi. The Balaban J connectivity index is 1.18. The van der Waals surface area contributed by atoms with E-state index >= 15 is 0 Å². The van der Waals surface area contributed by atoms with E-state index in [1.165, 1.54) is 20.7 Å². The highest BCUT2D eigenvalue weighted by molar-refractivity contribution is 7.19. The van der Waals surface area contributed by atoms with Crippen LogP contribution in [0.1, 0.15) is 25.0 Å². The number of benzene rings is 8. The van der Waals surface area contributed by atoms with Crippen molar-refractivity contribution in [3.05, 3.63) is 248 Å². The maximum Gasteiger partial charge on any atom is 0.179 e. The number of aromatic nitrogens is 3. The predicted molar refractivity (Wildman–Crippen MR) is 279 cm³/mol. The minimum Gasteiger partial charge on any atom is -0.456 e. The van der Waals surface area contributed by atoms with Gasteiger partial charge in [-0.15, -0.1) is 0 Å². The standard InChI is InChI=1S/C62H45N3OSi/c1-62(2)53-32-15-16-35-58(53)66-61-50(31-20-33-54(61)62)56-40-52(49-37-36-48-51(42-21-7-3-8-22-42)41-57(55-34-17-18-38-63-55)65-60(48)59(49)64-56)43-23-19-30-47(39-43)67(44-24-9-4-10-25-44,45-26-11-5-12-27-45)46-28-13-6-14-29-46/h3-41H,1-2H3. The van der Waals surface area contributed by atoms with Gasteiger partial charge in [0, 0.05) is 39.1 Å². The van der Waals surface area contributed by atoms with Gasteiger partial charge >= 0.3 is 0 Å². The monoisotopic (exact) mass is 875 g/mol. The molecule has 3 aromatic heterocycles. The Hall–Kier alpha value is -8.25. The number of hydrogen-bond acceptors (Lipinski definition) is 4. The second-order valence-corrected chi connectivity index (χ2v) is 21.7. The van der Waals surface area contributed by atoms with Crippen LogP contribution in [0.2, 0.25) is 0 Å². The lowest BCUT2D eigenvalue weighted by atomic mass is 9.75. The van der Waals surface area contributed by atoms with Gasteiger partial charge in [-0.3, -0.25) is 4.98 Å². The van der Waals surface area contributed by atoms with E-state index in [2.05, 4.69) is 220 Å². The number of nitrogens with zero attached hydrogens (tertiary/aromatic N) is 3. The Labute approximate surface area is 391 Å². The second kappa shape index (κ2) is 16.3. The molecule has 0 amide bonds. The van der Waals surface area contributed by atoms with Gasteiger partial charge in [-0.05, 0) is 79.4 Å². The molecule has 12 rings (SSSR count). The van der Waals surface area contributed by atoms with Crippen LogP contribution in [0, 0.1) is 0 Å². The van der Waals surface area contributed by atoms with Gasteiger partial charge in [-0.25, -0.2) is 9.97 Å². The van der Waals surface area contributed by atoms with Crippen molar-refractivity contribution in [3.8, 4) is 56.4 Å². The molecule has 318 valence electrons. The van der Waals surface area contributed by atoms with Crippen LogP contribution in [0.5, 0.6) is 11.5 Å². The molecule has 0 aliphatic carbocycles. The van der Waals surface area contributed by atoms with Crippen LogP contribution in [0.3, 0.4) is 0 Å². The molecule has 0 radical (unpaired) electrons. The molecule has 0 unspecified atom stereocenters. The number of ether oxygens (including phenoxy) is 1. The van der Waals surface area contributed by atoms with E-state index in [0.717, 1.165) is 89.3 Å². The summed E-state index contributed by atoms with van der Waals surface area (Å²) in [6.45, 7) is 4.57. The van der Waals surface area contributed by atoms with Crippen LogP contribution >= 0.6 is 0 Å². The van der Waals surface area contributed by atoms with Gasteiger partial charge in [0.1, 0.15) is 11.5 Å². The minimum atomic E-state index is -2.87. The third kappa shape index (κ3) is 6.69. The summed E-state index contributed by atoms with van der Waals surface area (Å²) in [6, 6.07) is 83.0. The molecule has 1 aliphatic heterocycles. The maximum absolute atomic E-state index is 6.95. The van der Waals surface area contributed by atoms with Crippen LogP contribution in [0.15, 0.2) is 237 Å². The average molecular weight is 876 g/mol. The average Bonchev–Trinajstić information content (AvgIpc) is 3.39. The molecule has 67 heavy (non-hydrogen) atoms. The van der Waals surface area contributed by atoms with Crippen molar-refractivity contribution in [2.75, 3.05) is 0 Å². The van der Waals surface area contributed by atoms with E-state index in [9.17, 15) is 0 Å². The summed E-state index contributed by atoms with van der Waals surface area (Å²) >= 11 is 0. The molecule has 0 bridgehead atoms. The fraction of sp³-hybridized carbons (Fsp3) is 0.0484. The number of rotatable bonds is 8. The van der Waals surface area contributed by atoms with Gasteiger partial charge in [-0.2, -0.15) is 0 Å². The van der Waals surface area contributed by atoms with Crippen LogP contribution in [0.25, 0.3) is 66.7 Å². The van der Waals surface area contributed by atoms with Crippen LogP contribution in [0.4, 0.5) is 0 Å². The third-order valence-corrected chi connectivity index (χ3v) is 18.5. The molecule has 1 aliphatic rings. The first-order valence-electron chi connectivity index (χ1n) is 22.9. The van der Waals surface area contributed by atoms with Gasteiger partial charge in [0.25, 0.3) is 0 Å². The maximum atomic E-state index is 6.95. The number of hydrogen-bond donors (Lipinski definition) is 0. The number of pyridine rings is 3. The second-order valence-electron chi connectivity index (χ2n) is 17.9. The van der Waals surface area contributed by atoms with Gasteiger partial charge in [0.2, 0.25) is 0 Å². The molecule has 0 atom stereocenters. The molecule has 0 saturated carbocycles. The lowest BCUT2D eigenvalue weighted by Crippen LogP contribution is -2.74. The highest BCUT2D eigenvalue weighted by Gasteiger charge is 2.42. The summed E-state index contributed by atoms with van der Waals surface area (Å²) in [7, 11) is -2.87. The van der Waals surface area contributed by atoms with E-state index < -0.39 is 8.07 Å². The van der Waals surface area contributed by atoms with Gasteiger partial charge < -0.3 is 4.74 Å². The molecule has 11 aromatic rings. The molecule has 0 fully saturated rings. The summed E-state index contributed by atoms with van der Waals surface area (Å²) in [5.74, 6) is 1.69. The first-order valence-corrected chi connectivity index (χ1v) is 24.9. The smallest absolute Gasteiger partial charge is 0.179 e. The first kappa shape index (κ1) is 40.3. The Morgan fingerprint density at radius 2 is 0.896 bits per heavy atom. The van der Waals surface area contributed by atoms with E-state index in [1.807, 2.05) is 30.5 Å². The first-order chi connectivity index (χ1) is 33.0. The topological polar surface area (TPSA) is 47.9 Å². The van der Waals surface area contributed by atoms with E-state index in [-0.39, 0.29) is 5.41 Å². The van der Waals surface area contributed by atoms with Crippen LogP contribution in [-0.2, 0) is 5.41 Å². The summed E-state index contributed by atoms with van der Waals surface area (Å²) in [5.41, 5.74) is 11.3. The number of fused-ring (bicyclic) bond motifs is 5. The lowest BCUT2D eigenvalue weighted by Gasteiger charge is -2.35. The van der Waals surface area contributed by atoms with Crippen molar-refractivity contribution in [1.29, 1.82) is 0 Å². The van der Waals surface area contributed by atoms with E-state index in [4.69, 9.17) is 19.7 Å². The zero-order valence-corrected chi connectivity index (χ0v) is 38.3. The third-order valence-electron chi connectivity index (χ3n) is 13.7. The minimum absolute atomic E-state index is 0.301.